The van der Waals surface area contributed by atoms with E-state index in [2.05, 4.69) is 28.1 Å². The Labute approximate surface area is 119 Å². The van der Waals surface area contributed by atoms with Gasteiger partial charge in [0, 0.05) is 4.47 Å². The maximum Gasteiger partial charge on any atom is 0.338 e. The molecule has 0 aliphatic rings. The Hall–Kier alpha value is -1.87. The van der Waals surface area contributed by atoms with E-state index in [9.17, 15) is 4.79 Å². The Balaban J connectivity index is 2.49. The smallest absolute Gasteiger partial charge is 0.338 e. The Morgan fingerprint density at radius 2 is 1.58 bits per heavy atom. The number of fused-ring (bicyclic) bond motifs is 3. The zero-order valence-corrected chi connectivity index (χ0v) is 11.9. The van der Waals surface area contributed by atoms with Gasteiger partial charge in [-0.3, -0.25) is 0 Å². The van der Waals surface area contributed by atoms with Gasteiger partial charge in [0.25, 0.3) is 0 Å². The Morgan fingerprint density at radius 1 is 0.947 bits per heavy atom. The van der Waals surface area contributed by atoms with Crippen LogP contribution in [0.25, 0.3) is 21.5 Å². The molecule has 2 nitrogen and oxygen atoms in total. The fourth-order valence-corrected chi connectivity index (χ4v) is 2.95. The third-order valence-electron chi connectivity index (χ3n) is 3.26. The maximum atomic E-state index is 11.8. The fourth-order valence-electron chi connectivity index (χ4n) is 2.37. The summed E-state index contributed by atoms with van der Waals surface area (Å²) >= 11 is 3.57. The Bertz CT molecular complexity index is 793. The van der Waals surface area contributed by atoms with Crippen molar-refractivity contribution in [3.8, 4) is 0 Å². The summed E-state index contributed by atoms with van der Waals surface area (Å²) in [6.07, 6.45) is 0. The quantitative estimate of drug-likeness (QED) is 0.487. The second kappa shape index (κ2) is 4.67. The van der Waals surface area contributed by atoms with Crippen LogP contribution in [0.4, 0.5) is 0 Å². The van der Waals surface area contributed by atoms with E-state index in [1.807, 2.05) is 30.3 Å². The zero-order chi connectivity index (χ0) is 13.4. The number of halogens is 1. The molecule has 3 heteroatoms. The van der Waals surface area contributed by atoms with Crippen molar-refractivity contribution in [2.24, 2.45) is 0 Å². The van der Waals surface area contributed by atoms with E-state index in [1.54, 1.807) is 6.07 Å². The van der Waals surface area contributed by atoms with Crippen molar-refractivity contribution in [3.63, 3.8) is 0 Å². The van der Waals surface area contributed by atoms with Crippen LogP contribution in [-0.2, 0) is 4.74 Å². The minimum atomic E-state index is -0.312. The van der Waals surface area contributed by atoms with Crippen molar-refractivity contribution in [2.75, 3.05) is 7.11 Å². The van der Waals surface area contributed by atoms with E-state index >= 15 is 0 Å². The summed E-state index contributed by atoms with van der Waals surface area (Å²) in [4.78, 5) is 11.8. The molecular weight excluding hydrogens is 304 g/mol. The van der Waals surface area contributed by atoms with Crippen LogP contribution >= 0.6 is 15.9 Å². The lowest BCUT2D eigenvalue weighted by Gasteiger charge is -2.09. The minimum absolute atomic E-state index is 0.312. The molecule has 0 saturated heterocycles. The van der Waals surface area contributed by atoms with Gasteiger partial charge >= 0.3 is 5.97 Å². The molecule has 0 heterocycles. The lowest BCUT2D eigenvalue weighted by molar-refractivity contribution is 0.0603. The van der Waals surface area contributed by atoms with E-state index in [1.165, 1.54) is 7.11 Å². The average molecular weight is 315 g/mol. The van der Waals surface area contributed by atoms with Crippen molar-refractivity contribution >= 4 is 43.4 Å². The molecule has 0 spiro atoms. The molecule has 0 unspecified atom stereocenters. The number of rotatable bonds is 1. The van der Waals surface area contributed by atoms with Gasteiger partial charge in [-0.2, -0.15) is 0 Å². The lowest BCUT2D eigenvalue weighted by atomic mass is 9.98. The molecule has 19 heavy (non-hydrogen) atoms. The normalized spacial score (nSPS) is 10.8. The zero-order valence-electron chi connectivity index (χ0n) is 10.3. The fraction of sp³-hybridized carbons (Fsp3) is 0.0625. The predicted octanol–water partition coefficient (Wildman–Crippen LogP) is 4.54. The summed E-state index contributed by atoms with van der Waals surface area (Å²) in [5, 5.41) is 4.22. The van der Waals surface area contributed by atoms with Gasteiger partial charge in [-0.25, -0.2) is 4.79 Å². The first-order chi connectivity index (χ1) is 9.22. The molecule has 0 N–H and O–H groups in total. The van der Waals surface area contributed by atoms with Crippen LogP contribution in [0.3, 0.4) is 0 Å². The van der Waals surface area contributed by atoms with Gasteiger partial charge in [-0.1, -0.05) is 52.3 Å². The number of benzene rings is 3. The Kier molecular flexibility index (Phi) is 2.99. The molecule has 3 aromatic rings. The summed E-state index contributed by atoms with van der Waals surface area (Å²) in [7, 11) is 1.40. The number of hydrogen-bond acceptors (Lipinski definition) is 2. The first-order valence-electron chi connectivity index (χ1n) is 5.90. The highest BCUT2D eigenvalue weighted by molar-refractivity contribution is 9.10. The Morgan fingerprint density at radius 3 is 2.32 bits per heavy atom. The SMILES string of the molecule is COC(=O)c1cccc2c1cc(Br)c1ccccc12. The molecule has 0 bridgehead atoms. The molecular formula is C16H11BrO2. The number of hydrogen-bond donors (Lipinski definition) is 0. The highest BCUT2D eigenvalue weighted by Gasteiger charge is 2.12. The second-order valence-electron chi connectivity index (χ2n) is 4.30. The van der Waals surface area contributed by atoms with E-state index in [4.69, 9.17) is 4.74 Å². The van der Waals surface area contributed by atoms with Gasteiger partial charge in [-0.05, 0) is 33.7 Å². The van der Waals surface area contributed by atoms with Gasteiger partial charge in [0.1, 0.15) is 0 Å². The van der Waals surface area contributed by atoms with E-state index in [0.29, 0.717) is 5.56 Å². The molecule has 0 atom stereocenters. The molecule has 3 rings (SSSR count). The molecule has 0 fully saturated rings. The van der Waals surface area contributed by atoms with Crippen LogP contribution in [0.5, 0.6) is 0 Å². The van der Waals surface area contributed by atoms with Crippen LogP contribution in [0.2, 0.25) is 0 Å². The van der Waals surface area contributed by atoms with Crippen molar-refractivity contribution < 1.29 is 9.53 Å². The number of carbonyl (C=O) groups is 1. The maximum absolute atomic E-state index is 11.8. The van der Waals surface area contributed by atoms with Crippen LogP contribution in [-0.4, -0.2) is 13.1 Å². The van der Waals surface area contributed by atoms with Crippen LogP contribution < -0.4 is 0 Å². The van der Waals surface area contributed by atoms with Crippen molar-refractivity contribution in [1.82, 2.24) is 0 Å². The summed E-state index contributed by atoms with van der Waals surface area (Å²) in [6.45, 7) is 0. The number of esters is 1. The summed E-state index contributed by atoms with van der Waals surface area (Å²) < 4.78 is 5.82. The topological polar surface area (TPSA) is 26.3 Å². The monoisotopic (exact) mass is 314 g/mol. The molecule has 0 amide bonds. The summed E-state index contributed by atoms with van der Waals surface area (Å²) in [5.41, 5.74) is 0.589. The van der Waals surface area contributed by atoms with E-state index in [0.717, 1.165) is 26.0 Å². The molecule has 0 aromatic heterocycles. The summed E-state index contributed by atoms with van der Waals surface area (Å²) in [5.74, 6) is -0.312. The van der Waals surface area contributed by atoms with Gasteiger partial charge in [0.2, 0.25) is 0 Å². The standard InChI is InChI=1S/C16H11BrO2/c1-19-16(18)13-8-4-7-11-10-5-2-3-6-12(10)15(17)9-14(11)13/h2-9H,1H3. The first kappa shape index (κ1) is 12.2. The van der Waals surface area contributed by atoms with Gasteiger partial charge < -0.3 is 4.74 Å². The average Bonchev–Trinajstić information content (AvgIpc) is 2.46. The molecule has 94 valence electrons. The van der Waals surface area contributed by atoms with Gasteiger partial charge in [-0.15, -0.1) is 0 Å². The number of ether oxygens (including phenoxy) is 1. The minimum Gasteiger partial charge on any atom is -0.465 e. The number of methoxy groups -OCH3 is 1. The molecule has 0 radical (unpaired) electrons. The highest BCUT2D eigenvalue weighted by atomic mass is 79.9. The highest BCUT2D eigenvalue weighted by Crippen LogP contribution is 2.33. The predicted molar refractivity (Wildman–Crippen MR) is 80.5 cm³/mol. The van der Waals surface area contributed by atoms with Gasteiger partial charge in [0.05, 0.1) is 12.7 Å². The summed E-state index contributed by atoms with van der Waals surface area (Å²) in [6, 6.07) is 15.8. The van der Waals surface area contributed by atoms with Gasteiger partial charge in [0.15, 0.2) is 0 Å². The first-order valence-corrected chi connectivity index (χ1v) is 6.70. The van der Waals surface area contributed by atoms with E-state index < -0.39 is 0 Å². The molecule has 3 aromatic carbocycles. The largest absolute Gasteiger partial charge is 0.465 e. The molecule has 0 saturated carbocycles. The van der Waals surface area contributed by atoms with Crippen LogP contribution in [0.1, 0.15) is 10.4 Å². The molecule has 0 aliphatic heterocycles. The van der Waals surface area contributed by atoms with Crippen molar-refractivity contribution in [3.05, 3.63) is 58.6 Å². The van der Waals surface area contributed by atoms with Crippen molar-refractivity contribution in [1.29, 1.82) is 0 Å². The molecule has 0 aliphatic carbocycles. The van der Waals surface area contributed by atoms with Crippen LogP contribution in [0.15, 0.2) is 53.0 Å². The third kappa shape index (κ3) is 1.90. The van der Waals surface area contributed by atoms with Crippen molar-refractivity contribution in [2.45, 2.75) is 0 Å². The number of carbonyl (C=O) groups excluding carboxylic acids is 1. The van der Waals surface area contributed by atoms with E-state index in [-0.39, 0.29) is 5.97 Å². The lowest BCUT2D eigenvalue weighted by Crippen LogP contribution is -2.01. The van der Waals surface area contributed by atoms with Crippen LogP contribution in [0, 0.1) is 0 Å². The second-order valence-corrected chi connectivity index (χ2v) is 5.15. The third-order valence-corrected chi connectivity index (χ3v) is 3.91.